The van der Waals surface area contributed by atoms with Crippen LogP contribution in [-0.2, 0) is 4.74 Å². The molecule has 0 heterocycles. The molecular formula is C14H26O. The highest BCUT2D eigenvalue weighted by molar-refractivity contribution is 4.92. The van der Waals surface area contributed by atoms with E-state index < -0.39 is 0 Å². The third kappa shape index (κ3) is 4.83. The van der Waals surface area contributed by atoms with Crippen LogP contribution in [0.2, 0.25) is 0 Å². The fraction of sp³-hybridized carbons (Fsp3) is 0.857. The van der Waals surface area contributed by atoms with E-state index in [-0.39, 0.29) is 0 Å². The Bertz CT molecular complexity index is 190. The van der Waals surface area contributed by atoms with Crippen LogP contribution in [0.15, 0.2) is 12.2 Å². The number of ether oxygens (including phenoxy) is 1. The van der Waals surface area contributed by atoms with Crippen molar-refractivity contribution in [2.24, 2.45) is 5.92 Å². The molecule has 88 valence electrons. The normalized spacial score (nSPS) is 20.5. The van der Waals surface area contributed by atoms with Crippen LogP contribution in [0.4, 0.5) is 0 Å². The third-order valence-electron chi connectivity index (χ3n) is 3.21. The minimum atomic E-state index is 0.380. The Hall–Kier alpha value is -0.300. The largest absolute Gasteiger partial charge is 0.374 e. The second kappa shape index (κ2) is 6.32. The van der Waals surface area contributed by atoms with Gasteiger partial charge < -0.3 is 4.74 Å². The smallest absolute Gasteiger partial charge is 0.0638 e. The highest BCUT2D eigenvalue weighted by atomic mass is 16.5. The average molecular weight is 210 g/mol. The van der Waals surface area contributed by atoms with E-state index in [1.54, 1.807) is 0 Å². The van der Waals surface area contributed by atoms with Crippen molar-refractivity contribution in [3.05, 3.63) is 12.2 Å². The van der Waals surface area contributed by atoms with Crippen LogP contribution < -0.4 is 0 Å². The number of hydrogen-bond donors (Lipinski definition) is 0. The van der Waals surface area contributed by atoms with Gasteiger partial charge in [-0.1, -0.05) is 38.7 Å². The Morgan fingerprint density at radius 1 is 1.27 bits per heavy atom. The van der Waals surface area contributed by atoms with E-state index in [1.165, 1.54) is 37.7 Å². The quantitative estimate of drug-likeness (QED) is 0.614. The van der Waals surface area contributed by atoms with E-state index in [4.69, 9.17) is 4.74 Å². The molecule has 0 radical (unpaired) electrons. The zero-order valence-corrected chi connectivity index (χ0v) is 10.6. The van der Waals surface area contributed by atoms with Crippen molar-refractivity contribution in [1.29, 1.82) is 0 Å². The predicted molar refractivity (Wildman–Crippen MR) is 66.0 cm³/mol. The van der Waals surface area contributed by atoms with Gasteiger partial charge in [-0.15, -0.1) is 6.58 Å². The summed E-state index contributed by atoms with van der Waals surface area (Å²) in [4.78, 5) is 0. The summed E-state index contributed by atoms with van der Waals surface area (Å²) in [6.45, 7) is 10.6. The second-order valence-corrected chi connectivity index (χ2v) is 5.34. The summed E-state index contributed by atoms with van der Waals surface area (Å²) in [5, 5.41) is 0. The van der Waals surface area contributed by atoms with E-state index in [0.29, 0.717) is 18.1 Å². The number of rotatable bonds is 5. The van der Waals surface area contributed by atoms with Crippen LogP contribution in [0.3, 0.4) is 0 Å². The minimum absolute atomic E-state index is 0.380. The van der Waals surface area contributed by atoms with Crippen LogP contribution in [0.25, 0.3) is 0 Å². The molecule has 0 aromatic carbocycles. The average Bonchev–Trinajstić information content (AvgIpc) is 2.17. The predicted octanol–water partition coefficient (Wildman–Crippen LogP) is 4.33. The zero-order chi connectivity index (χ0) is 11.3. The lowest BCUT2D eigenvalue weighted by molar-refractivity contribution is -0.0500. The molecule has 0 amide bonds. The molecule has 1 heteroatoms. The number of hydrogen-bond acceptors (Lipinski definition) is 1. The maximum absolute atomic E-state index is 6.20. The molecule has 0 aromatic heterocycles. The summed E-state index contributed by atoms with van der Waals surface area (Å²) < 4.78 is 6.20. The Balaban J connectivity index is 2.38. The standard InChI is InChI=1S/C14H26O/c1-11(2)10-14(12(3)4)15-13-8-6-5-7-9-13/h12-14H,1,5-10H2,2-4H3. The first-order valence-corrected chi connectivity index (χ1v) is 6.39. The molecule has 0 saturated heterocycles. The van der Waals surface area contributed by atoms with Gasteiger partial charge >= 0.3 is 0 Å². The van der Waals surface area contributed by atoms with Gasteiger partial charge in [-0.3, -0.25) is 0 Å². The van der Waals surface area contributed by atoms with Gasteiger partial charge in [-0.25, -0.2) is 0 Å². The first kappa shape index (κ1) is 12.8. The molecule has 1 aliphatic carbocycles. The topological polar surface area (TPSA) is 9.23 Å². The molecule has 15 heavy (non-hydrogen) atoms. The van der Waals surface area contributed by atoms with Gasteiger partial charge in [-0.2, -0.15) is 0 Å². The van der Waals surface area contributed by atoms with Crippen LogP contribution in [-0.4, -0.2) is 12.2 Å². The molecule has 0 bridgehead atoms. The molecule has 1 atom stereocenters. The zero-order valence-electron chi connectivity index (χ0n) is 10.6. The maximum atomic E-state index is 6.20. The maximum Gasteiger partial charge on any atom is 0.0638 e. The lowest BCUT2D eigenvalue weighted by Gasteiger charge is -2.30. The summed E-state index contributed by atoms with van der Waals surface area (Å²) in [5.41, 5.74) is 1.24. The lowest BCUT2D eigenvalue weighted by Crippen LogP contribution is -2.28. The fourth-order valence-corrected chi connectivity index (χ4v) is 2.23. The van der Waals surface area contributed by atoms with Crippen molar-refractivity contribution in [1.82, 2.24) is 0 Å². The summed E-state index contributed by atoms with van der Waals surface area (Å²) in [6.07, 6.45) is 8.54. The first-order chi connectivity index (χ1) is 7.09. The third-order valence-corrected chi connectivity index (χ3v) is 3.21. The van der Waals surface area contributed by atoms with Gasteiger partial charge in [0.1, 0.15) is 0 Å². The van der Waals surface area contributed by atoms with Crippen LogP contribution in [0, 0.1) is 5.92 Å². The SMILES string of the molecule is C=C(C)CC(OC1CCCCC1)C(C)C. The first-order valence-electron chi connectivity index (χ1n) is 6.39. The molecule has 0 N–H and O–H groups in total. The van der Waals surface area contributed by atoms with Gasteiger partial charge in [0.15, 0.2) is 0 Å². The Morgan fingerprint density at radius 3 is 2.33 bits per heavy atom. The minimum Gasteiger partial charge on any atom is -0.374 e. The Labute approximate surface area is 94.9 Å². The molecule has 1 saturated carbocycles. The lowest BCUT2D eigenvalue weighted by atomic mass is 9.95. The fourth-order valence-electron chi connectivity index (χ4n) is 2.23. The Morgan fingerprint density at radius 2 is 1.87 bits per heavy atom. The van der Waals surface area contributed by atoms with Crippen LogP contribution >= 0.6 is 0 Å². The van der Waals surface area contributed by atoms with Gasteiger partial charge in [0, 0.05) is 0 Å². The molecule has 1 rings (SSSR count). The molecule has 0 aromatic rings. The molecule has 1 fully saturated rings. The van der Waals surface area contributed by atoms with Gasteiger partial charge in [0.25, 0.3) is 0 Å². The van der Waals surface area contributed by atoms with Gasteiger partial charge in [-0.05, 0) is 32.1 Å². The summed E-state index contributed by atoms with van der Waals surface area (Å²) in [6, 6.07) is 0. The van der Waals surface area contributed by atoms with Crippen molar-refractivity contribution >= 4 is 0 Å². The molecule has 1 aliphatic rings. The van der Waals surface area contributed by atoms with Crippen LogP contribution in [0.5, 0.6) is 0 Å². The highest BCUT2D eigenvalue weighted by Gasteiger charge is 2.21. The van der Waals surface area contributed by atoms with E-state index in [9.17, 15) is 0 Å². The monoisotopic (exact) mass is 210 g/mol. The van der Waals surface area contributed by atoms with Crippen molar-refractivity contribution in [2.75, 3.05) is 0 Å². The molecule has 0 spiro atoms. The van der Waals surface area contributed by atoms with Crippen molar-refractivity contribution in [3.63, 3.8) is 0 Å². The second-order valence-electron chi connectivity index (χ2n) is 5.34. The van der Waals surface area contributed by atoms with Crippen molar-refractivity contribution in [2.45, 2.75) is 71.5 Å². The van der Waals surface area contributed by atoms with E-state index in [0.717, 1.165) is 6.42 Å². The van der Waals surface area contributed by atoms with Crippen molar-refractivity contribution in [3.8, 4) is 0 Å². The van der Waals surface area contributed by atoms with E-state index in [1.807, 2.05) is 0 Å². The van der Waals surface area contributed by atoms with Crippen LogP contribution in [0.1, 0.15) is 59.3 Å². The molecule has 1 nitrogen and oxygen atoms in total. The molecule has 0 aliphatic heterocycles. The van der Waals surface area contributed by atoms with E-state index >= 15 is 0 Å². The summed E-state index contributed by atoms with van der Waals surface area (Å²) >= 11 is 0. The summed E-state index contributed by atoms with van der Waals surface area (Å²) in [7, 11) is 0. The van der Waals surface area contributed by atoms with Gasteiger partial charge in [0.2, 0.25) is 0 Å². The molecular weight excluding hydrogens is 184 g/mol. The highest BCUT2D eigenvalue weighted by Crippen LogP contribution is 2.25. The van der Waals surface area contributed by atoms with Crippen molar-refractivity contribution < 1.29 is 4.74 Å². The summed E-state index contributed by atoms with van der Waals surface area (Å²) in [5.74, 6) is 0.601. The van der Waals surface area contributed by atoms with E-state index in [2.05, 4.69) is 27.4 Å². The Kier molecular flexibility index (Phi) is 5.38. The van der Waals surface area contributed by atoms with Gasteiger partial charge in [0.05, 0.1) is 12.2 Å². The molecule has 1 unspecified atom stereocenters.